The summed E-state index contributed by atoms with van der Waals surface area (Å²) in [5.41, 5.74) is 3.78. The molecule has 6 N–H and O–H groups in total. The van der Waals surface area contributed by atoms with Crippen LogP contribution in [-0.4, -0.2) is 167 Å². The zero-order valence-corrected chi connectivity index (χ0v) is 59.7. The number of carbonyl (C=O) groups is 6. The Morgan fingerprint density at radius 1 is 0.540 bits per heavy atom. The number of hydrogen-bond acceptors (Lipinski definition) is 16. The molecule has 3 aromatic carbocycles. The minimum absolute atomic E-state index is 0. The minimum atomic E-state index is -1.34. The van der Waals surface area contributed by atoms with Crippen molar-refractivity contribution in [1.82, 2.24) is 39.0 Å². The summed E-state index contributed by atoms with van der Waals surface area (Å²) in [6, 6.07) is 13.0. The van der Waals surface area contributed by atoms with Gasteiger partial charge in [0.2, 0.25) is 16.3 Å². The van der Waals surface area contributed by atoms with Gasteiger partial charge in [-0.25, -0.2) is 18.0 Å². The van der Waals surface area contributed by atoms with E-state index in [0.717, 1.165) is 63.4 Å². The number of pyridine rings is 3. The Hall–Kier alpha value is -7.04. The number of nitrogens with zero attached hydrogens (tertiary/aromatic N) is 6. The van der Waals surface area contributed by atoms with Crippen LogP contribution in [0, 0.1) is 17.5 Å². The Bertz CT molecular complexity index is 4410. The van der Waals surface area contributed by atoms with E-state index >= 15 is 0 Å². The van der Waals surface area contributed by atoms with Gasteiger partial charge in [0.1, 0.15) is 34.1 Å². The number of hydrogen-bond donors (Lipinski definition) is 5. The zero-order valence-electron chi connectivity index (χ0n) is 52.8. The molecule has 6 fully saturated rings. The van der Waals surface area contributed by atoms with E-state index < -0.39 is 87.4 Å². The van der Waals surface area contributed by atoms with Gasteiger partial charge in [-0.05, 0) is 111 Å². The summed E-state index contributed by atoms with van der Waals surface area (Å²) in [6.45, 7) is 1.10. The molecule has 3 aromatic heterocycles. The van der Waals surface area contributed by atoms with Crippen molar-refractivity contribution >= 4 is 93.4 Å². The molecule has 0 spiro atoms. The van der Waals surface area contributed by atoms with Gasteiger partial charge >= 0.3 is 29.0 Å². The second-order valence-electron chi connectivity index (χ2n) is 24.3. The van der Waals surface area contributed by atoms with Gasteiger partial charge in [-0.2, -0.15) is 0 Å². The number of benzene rings is 3. The predicted octanol–water partition coefficient (Wildman–Crippen LogP) is 0.812. The number of halogens is 8. The number of carboxylic acid groups (broad SMARTS) is 1. The van der Waals surface area contributed by atoms with Crippen molar-refractivity contribution in [3.05, 3.63) is 187 Å². The van der Waals surface area contributed by atoms with Crippen molar-refractivity contribution in [2.24, 2.45) is 5.73 Å². The van der Waals surface area contributed by atoms with Gasteiger partial charge in [0.05, 0.1) is 67.2 Å². The second kappa shape index (κ2) is 32.5. The molecule has 530 valence electrons. The van der Waals surface area contributed by atoms with Gasteiger partial charge in [0.25, 0.3) is 29.5 Å². The van der Waals surface area contributed by atoms with Crippen molar-refractivity contribution in [3.63, 3.8) is 0 Å². The van der Waals surface area contributed by atoms with Gasteiger partial charge in [0, 0.05) is 56.4 Å². The topological polar surface area (TPSA) is 315 Å². The maximum Gasteiger partial charge on any atom is 2.00 e. The van der Waals surface area contributed by atoms with Crippen LogP contribution in [0.1, 0.15) is 144 Å². The van der Waals surface area contributed by atoms with Gasteiger partial charge in [-0.1, -0.05) is 60.4 Å². The summed E-state index contributed by atoms with van der Waals surface area (Å²) in [4.78, 5) is 119. The molecule has 0 radical (unpaired) electrons. The minimum Gasteiger partial charge on any atom is -1.00 e. The number of aromatic carboxylic acids is 1. The average Bonchev–Trinajstić information content (AvgIpc) is 1.27. The van der Waals surface area contributed by atoms with E-state index in [-0.39, 0.29) is 187 Å². The molecular weight excluding hydrogens is 1520 g/mol. The first-order valence-corrected chi connectivity index (χ1v) is 31.9. The van der Waals surface area contributed by atoms with E-state index in [4.69, 9.17) is 64.2 Å². The monoisotopic (exact) mass is 1590 g/mol. The van der Waals surface area contributed by atoms with Crippen LogP contribution in [0.2, 0.25) is 15.1 Å². The molecule has 3 saturated heterocycles. The molecule has 34 heteroatoms. The largest absolute Gasteiger partial charge is 2.00 e. The Kier molecular flexibility index (Phi) is 25.6. The SMILES string of the molecule is C.COc1c2n(cc(C(=O)NCc3ccc(Cl)c(F)c3)c1=O)C[C@@H]1O[C@H]3CC[C@H](C3)N1C2=O.COc1c2n(cc(C(=O)O)c1=O)C[C@@H]1O[C@H]3CC[C@H](C3)N1C2=O.NCc1ccc(Cl)c(F)c1.O=C(NCc1ccc(Cl)c(F)c1)c1cn2c(c(O)c1=O)C(=O)N1[C@@H]3CC[C@@H](C3)O[C@H]1C2.[Br-].[Br-].[Mg+2]. The number of ether oxygens (including phenoxy) is 5. The summed E-state index contributed by atoms with van der Waals surface area (Å²) in [5, 5.41) is 24.9. The maximum absolute atomic E-state index is 13.6. The van der Waals surface area contributed by atoms with E-state index in [1.807, 2.05) is 0 Å². The first-order chi connectivity index (χ1) is 45.9. The van der Waals surface area contributed by atoms with E-state index in [9.17, 15) is 66.5 Å². The van der Waals surface area contributed by atoms with Crippen LogP contribution in [-0.2, 0) is 53.5 Å². The number of rotatable bonds is 10. The van der Waals surface area contributed by atoms with Crippen LogP contribution in [0.15, 0.2) is 87.6 Å². The third-order valence-electron chi connectivity index (χ3n) is 18.6. The molecule has 3 saturated carbocycles. The fourth-order valence-corrected chi connectivity index (χ4v) is 14.4. The van der Waals surface area contributed by atoms with E-state index in [0.29, 0.717) is 30.8 Å². The quantitative estimate of drug-likeness (QED) is 0.119. The first-order valence-electron chi connectivity index (χ1n) is 30.8. The van der Waals surface area contributed by atoms with E-state index in [1.165, 1.54) is 78.3 Å². The predicted molar refractivity (Wildman–Crippen MR) is 348 cm³/mol. The van der Waals surface area contributed by atoms with E-state index in [2.05, 4.69) is 10.6 Å². The van der Waals surface area contributed by atoms with Crippen LogP contribution in [0.25, 0.3) is 0 Å². The summed E-state index contributed by atoms with van der Waals surface area (Å²) in [7, 11) is 2.56. The van der Waals surface area contributed by atoms with E-state index in [1.54, 1.807) is 37.5 Å². The molecule has 0 unspecified atom stereocenters. The number of aromatic nitrogens is 3. The average molecular weight is 1590 g/mol. The summed E-state index contributed by atoms with van der Waals surface area (Å²) in [6.07, 6.45) is 10.4. The Morgan fingerprint density at radius 2 is 0.870 bits per heavy atom. The van der Waals surface area contributed by atoms with Crippen molar-refractivity contribution in [3.8, 4) is 17.2 Å². The maximum atomic E-state index is 13.6. The molecule has 6 aromatic rings. The standard InChI is InChI=1S/C22H21ClFN3O5.C21H19ClFN3O5.C15H16N2O6.C7H7ClFN.CH4.2BrH.Mg/c1-31-20-18-22(30)27-12-3-4-13(7-12)32-17(27)10-26(18)9-14(19(20)28)21(29)25-8-11-2-5-15(23)16(24)6-11;22-14-4-1-10(5-15(14)23)7-24-20(29)13-8-25-9-16-26(11-2-3-12(6-11)31-16)21(30)17(25)19(28)18(13)27;1-22-13-11-14(19)17-7-2-3-8(4-7)23-10(17)6-16(11)5-9(12(13)18)15(20)21;8-6-2-1-5(4-10)3-7(6)9;;;;/h2,5-6,9,12-13,17H,3-4,7-8,10H2,1H3,(H,25,29);1,4-5,8,11-12,16,28H,2-3,6-7,9H2,(H,24,29);5,7-8,10H,2-4,6H2,1H3,(H,20,21);1-3H,4,10H2;1H4;2*1H;/q;;;;;;;+2/p-2/t12-,13+,17+;11-,12+,16+;7-,8+,10+;;;;;/m111...../s1. The summed E-state index contributed by atoms with van der Waals surface area (Å²) < 4.78 is 72.6. The zero-order chi connectivity index (χ0) is 68.3. The normalized spacial score (nSPS) is 22.5. The van der Waals surface area contributed by atoms with Gasteiger partial charge < -0.3 is 113 Å². The Balaban J connectivity index is 0.000000177. The number of carboxylic acids is 1. The first kappa shape index (κ1) is 78.7. The second-order valence-corrected chi connectivity index (χ2v) is 25.6. The smallest absolute Gasteiger partial charge is 1.00 e. The third-order valence-corrected chi connectivity index (χ3v) is 19.5. The fourth-order valence-electron chi connectivity index (χ4n) is 14.0. The fraction of sp³-hybridized carbons (Fsp3) is 0.409. The molecule has 25 nitrogen and oxygen atoms in total. The van der Waals surface area contributed by atoms with Crippen LogP contribution in [0.4, 0.5) is 13.2 Å². The Morgan fingerprint density at radius 3 is 1.23 bits per heavy atom. The number of carbonyl (C=O) groups excluding carboxylic acids is 5. The molecule has 9 heterocycles. The molecule has 9 aliphatic rings. The molecular formula is C66H67Br2Cl3F3MgN9O16. The molecule has 15 rings (SSSR count). The third kappa shape index (κ3) is 15.4. The molecule has 5 amide bonds. The number of amides is 5. The molecule has 9 atom stereocenters. The van der Waals surface area contributed by atoms with Gasteiger partial charge in [-0.15, -0.1) is 0 Å². The van der Waals surface area contributed by atoms with Crippen molar-refractivity contribution < 1.29 is 110 Å². The number of nitrogens with one attached hydrogen (secondary N) is 2. The van der Waals surface area contributed by atoms with Crippen molar-refractivity contribution in [1.29, 1.82) is 0 Å². The molecule has 6 bridgehead atoms. The van der Waals surface area contributed by atoms with Gasteiger partial charge in [-0.3, -0.25) is 38.4 Å². The Labute approximate surface area is 621 Å². The van der Waals surface area contributed by atoms with Crippen LogP contribution in [0.3, 0.4) is 0 Å². The molecule has 100 heavy (non-hydrogen) atoms. The number of fused-ring (bicyclic) bond motifs is 15. The van der Waals surface area contributed by atoms with Crippen LogP contribution >= 0.6 is 34.8 Å². The molecule has 6 aliphatic heterocycles. The van der Waals surface area contributed by atoms with Crippen LogP contribution < -0.4 is 76.1 Å². The summed E-state index contributed by atoms with van der Waals surface area (Å²) >= 11 is 16.8. The van der Waals surface area contributed by atoms with Gasteiger partial charge in [0.15, 0.2) is 53.0 Å². The number of nitrogens with two attached hydrogens (primary N) is 1. The number of aromatic hydroxyl groups is 1. The van der Waals surface area contributed by atoms with Crippen molar-refractivity contribution in [2.45, 2.75) is 160 Å². The van der Waals surface area contributed by atoms with Crippen molar-refractivity contribution in [2.75, 3.05) is 14.2 Å². The van der Waals surface area contributed by atoms with Crippen LogP contribution in [0.5, 0.6) is 17.2 Å². The number of methoxy groups -OCH3 is 2. The summed E-state index contributed by atoms with van der Waals surface area (Å²) in [5.74, 6) is -6.65. The molecule has 3 aliphatic carbocycles.